The number of hydrogen-bond acceptors (Lipinski definition) is 7. The molecule has 0 aliphatic heterocycles. The number of terminal acetylenes is 3. The predicted molar refractivity (Wildman–Crippen MR) is 158 cm³/mol. The van der Waals surface area contributed by atoms with Crippen LogP contribution in [-0.4, -0.2) is 67.8 Å². The highest BCUT2D eigenvalue weighted by Crippen LogP contribution is 2.56. The second-order valence-corrected chi connectivity index (χ2v) is 14.9. The second-order valence-electron chi connectivity index (χ2n) is 9.75. The third-order valence-corrected chi connectivity index (χ3v) is 10.4. The molecule has 12 heteroatoms. The minimum absolute atomic E-state index is 0.0287. The van der Waals surface area contributed by atoms with Crippen LogP contribution in [0.15, 0.2) is 0 Å². The molecule has 0 aromatic heterocycles. The van der Waals surface area contributed by atoms with Gasteiger partial charge in [-0.3, -0.25) is 23.7 Å². The highest BCUT2D eigenvalue weighted by Gasteiger charge is 2.37. The Morgan fingerprint density at radius 1 is 0.825 bits per heavy atom. The lowest BCUT2D eigenvalue weighted by Crippen LogP contribution is -2.52. The van der Waals surface area contributed by atoms with E-state index in [0.29, 0.717) is 25.7 Å². The van der Waals surface area contributed by atoms with E-state index in [1.165, 1.54) is 11.4 Å². The van der Waals surface area contributed by atoms with Gasteiger partial charge < -0.3 is 25.8 Å². The highest BCUT2D eigenvalue weighted by molar-refractivity contribution is 8.56. The molecule has 0 spiro atoms. The summed E-state index contributed by atoms with van der Waals surface area (Å²) in [6.45, 7) is -0.957. The fourth-order valence-corrected chi connectivity index (χ4v) is 5.90. The highest BCUT2D eigenvalue weighted by atomic mass is 32.7. The zero-order valence-corrected chi connectivity index (χ0v) is 25.1. The number of nitrogens with one attached hydrogen (secondary N) is 4. The summed E-state index contributed by atoms with van der Waals surface area (Å²) >= 11 is 1.20. The van der Waals surface area contributed by atoms with Crippen molar-refractivity contribution in [2.75, 3.05) is 32.6 Å². The minimum Gasteiger partial charge on any atom is -0.350 e. The van der Waals surface area contributed by atoms with E-state index in [-0.39, 0.29) is 93.8 Å². The molecule has 220 valence electrons. The number of hydrogen-bond donors (Lipinski definition) is 4. The molecule has 1 aliphatic carbocycles. The third-order valence-electron chi connectivity index (χ3n) is 6.76. The van der Waals surface area contributed by atoms with Gasteiger partial charge in [0.25, 0.3) is 6.57 Å². The molecule has 0 saturated heterocycles. The maximum atomic E-state index is 13.5. The van der Waals surface area contributed by atoms with Crippen LogP contribution in [0, 0.1) is 42.9 Å². The molecule has 1 saturated carbocycles. The van der Waals surface area contributed by atoms with E-state index in [4.69, 9.17) is 23.8 Å². The van der Waals surface area contributed by atoms with Crippen molar-refractivity contribution >= 4 is 41.6 Å². The molecular weight excluding hydrogens is 551 g/mol. The van der Waals surface area contributed by atoms with Crippen LogP contribution in [0.2, 0.25) is 0 Å². The van der Waals surface area contributed by atoms with E-state index in [9.17, 15) is 23.7 Å². The Balaban J connectivity index is 3.09. The zero-order chi connectivity index (χ0) is 30.0. The van der Waals surface area contributed by atoms with E-state index in [1.54, 1.807) is 12.9 Å². The zero-order valence-electron chi connectivity index (χ0n) is 23.4. The molecule has 0 aromatic rings. The van der Waals surface area contributed by atoms with E-state index < -0.39 is 12.1 Å². The largest absolute Gasteiger partial charge is 0.350 e. The van der Waals surface area contributed by atoms with Crippen LogP contribution >= 0.6 is 18.0 Å². The Kier molecular flexibility index (Phi) is 16.2. The Labute approximate surface area is 242 Å². The van der Waals surface area contributed by atoms with Crippen LogP contribution < -0.4 is 21.3 Å². The molecule has 0 heterocycles. The van der Waals surface area contributed by atoms with E-state index in [1.807, 2.05) is 0 Å². The smallest absolute Gasteiger partial charge is 0.254 e. The van der Waals surface area contributed by atoms with Gasteiger partial charge in [0.2, 0.25) is 23.6 Å². The average molecular weight is 593 g/mol. The molecule has 10 nitrogen and oxygen atoms in total. The van der Waals surface area contributed by atoms with Gasteiger partial charge in [0.15, 0.2) is 0 Å². The molecule has 1 fully saturated rings. The summed E-state index contributed by atoms with van der Waals surface area (Å²) in [6, 6.07) is 0. The van der Waals surface area contributed by atoms with Crippen LogP contribution in [0.1, 0.15) is 64.2 Å². The summed E-state index contributed by atoms with van der Waals surface area (Å²) < 4.78 is 18.1. The maximum Gasteiger partial charge on any atom is 0.254 e. The van der Waals surface area contributed by atoms with Crippen molar-refractivity contribution in [2.24, 2.45) is 5.92 Å². The summed E-state index contributed by atoms with van der Waals surface area (Å²) in [7, 11) is 0. The van der Waals surface area contributed by atoms with Crippen LogP contribution in [0.3, 0.4) is 0 Å². The van der Waals surface area contributed by atoms with E-state index >= 15 is 0 Å². The molecule has 1 rings (SSSR count). The lowest BCUT2D eigenvalue weighted by Gasteiger charge is -2.37. The van der Waals surface area contributed by atoms with Crippen LogP contribution in [-0.2, 0) is 28.3 Å². The lowest BCUT2D eigenvalue weighted by atomic mass is 9.81. The molecule has 40 heavy (non-hydrogen) atoms. The lowest BCUT2D eigenvalue weighted by molar-refractivity contribution is -0.131. The second kappa shape index (κ2) is 18.4. The number of rotatable bonds is 17. The molecule has 0 aromatic carbocycles. The molecule has 0 radical (unpaired) electrons. The van der Waals surface area contributed by atoms with Gasteiger partial charge in [-0.15, -0.1) is 19.3 Å². The molecule has 4 amide bonds. The summed E-state index contributed by atoms with van der Waals surface area (Å²) in [5.74, 6) is 5.56. The Morgan fingerprint density at radius 3 is 1.57 bits per heavy atom. The van der Waals surface area contributed by atoms with Crippen molar-refractivity contribution in [1.82, 2.24) is 21.3 Å². The topological polar surface area (TPSA) is 143 Å². The van der Waals surface area contributed by atoms with Gasteiger partial charge in [-0.05, 0) is 51.2 Å². The average Bonchev–Trinajstić information content (AvgIpc) is 2.94. The number of carbonyl (C=O) groups is 4. The summed E-state index contributed by atoms with van der Waals surface area (Å²) in [5.41, 5.74) is -1.03. The monoisotopic (exact) mass is 592 g/mol. The molecular formula is C28H41N4O6PS. The van der Waals surface area contributed by atoms with Gasteiger partial charge in [0, 0.05) is 37.4 Å². The summed E-state index contributed by atoms with van der Waals surface area (Å²) in [5, 5.41) is 10.9. The quantitative estimate of drug-likeness (QED) is 0.150. The molecule has 1 atom stereocenters. The van der Waals surface area contributed by atoms with Crippen LogP contribution in [0.5, 0.6) is 0 Å². The van der Waals surface area contributed by atoms with Crippen molar-refractivity contribution in [2.45, 2.75) is 75.9 Å². The molecule has 1 aliphatic rings. The van der Waals surface area contributed by atoms with Gasteiger partial charge in [-0.25, -0.2) is 0 Å². The van der Waals surface area contributed by atoms with Crippen LogP contribution in [0.4, 0.5) is 0 Å². The Morgan fingerprint density at radius 2 is 1.23 bits per heavy atom. The number of amides is 4. The van der Waals surface area contributed by atoms with E-state index in [0.717, 1.165) is 0 Å². The first-order valence-corrected chi connectivity index (χ1v) is 17.1. The first-order valence-electron chi connectivity index (χ1n) is 13.2. The SMILES string of the molecule is C#CCNC(=O)CCC(CCC(=O)NCC#C)(CCC(=O)NCC#C)NC(=O)[C@H]1CC[C@@H](OP(C)(=O)SC)CC1. The Hall–Kier alpha value is -2.90. The third kappa shape index (κ3) is 13.9. The molecule has 0 bridgehead atoms. The number of carbonyl (C=O) groups excluding carboxylic acids is 4. The van der Waals surface area contributed by atoms with Gasteiger partial charge in [-0.1, -0.05) is 29.1 Å². The van der Waals surface area contributed by atoms with Crippen LogP contribution in [0.25, 0.3) is 0 Å². The molecule has 1 unspecified atom stereocenters. The minimum atomic E-state index is -2.73. The predicted octanol–water partition coefficient (Wildman–Crippen LogP) is 2.19. The summed E-state index contributed by atoms with van der Waals surface area (Å²) in [4.78, 5) is 50.7. The van der Waals surface area contributed by atoms with Crippen molar-refractivity contribution in [3.8, 4) is 37.0 Å². The van der Waals surface area contributed by atoms with Crippen molar-refractivity contribution in [3.63, 3.8) is 0 Å². The standard InChI is InChI=1S/C28H41N4O6PS/c1-6-19-29-24(33)13-16-28(17-14-25(34)30-20-7-2,18-15-26(35)31-21-8-3)32-27(36)22-9-11-23(12-10-22)38-39(4,37)40-5/h1-3,22-23H,9-21H2,4-5H3,(H,29,33)(H,30,34)(H,31,35)(H,32,36)/t22-,23+,39?. The van der Waals surface area contributed by atoms with Crippen molar-refractivity contribution in [1.29, 1.82) is 0 Å². The Bertz CT molecular complexity index is 969. The first kappa shape index (κ1) is 35.1. The van der Waals surface area contributed by atoms with Crippen molar-refractivity contribution in [3.05, 3.63) is 0 Å². The first-order chi connectivity index (χ1) is 19.0. The summed E-state index contributed by atoms with van der Waals surface area (Å²) in [6.07, 6.45) is 20.2. The fraction of sp³-hybridized carbons (Fsp3) is 0.643. The molecule has 4 N–H and O–H groups in total. The van der Waals surface area contributed by atoms with Gasteiger partial charge >= 0.3 is 0 Å². The fourth-order valence-electron chi connectivity index (χ4n) is 4.44. The van der Waals surface area contributed by atoms with Gasteiger partial charge in [0.1, 0.15) is 0 Å². The van der Waals surface area contributed by atoms with E-state index in [2.05, 4.69) is 39.0 Å². The maximum absolute atomic E-state index is 13.5. The van der Waals surface area contributed by atoms with Gasteiger partial charge in [-0.2, -0.15) is 0 Å². The normalized spacial score (nSPS) is 18.1. The van der Waals surface area contributed by atoms with Gasteiger partial charge in [0.05, 0.1) is 25.7 Å². The van der Waals surface area contributed by atoms with Crippen molar-refractivity contribution < 1.29 is 28.3 Å².